The lowest BCUT2D eigenvalue weighted by atomic mass is 10.0. The Balaban J connectivity index is 1.50. The predicted octanol–water partition coefficient (Wildman–Crippen LogP) is 4.61. The molecule has 0 aliphatic heterocycles. The second kappa shape index (κ2) is 11.4. The van der Waals surface area contributed by atoms with E-state index in [2.05, 4.69) is 25.3 Å². The van der Waals surface area contributed by atoms with Gasteiger partial charge in [-0.15, -0.1) is 0 Å². The van der Waals surface area contributed by atoms with Crippen molar-refractivity contribution in [3.8, 4) is 0 Å². The van der Waals surface area contributed by atoms with E-state index in [1.165, 1.54) is 19.1 Å². The van der Waals surface area contributed by atoms with Crippen molar-refractivity contribution in [1.82, 2.24) is 20.0 Å². The van der Waals surface area contributed by atoms with Crippen molar-refractivity contribution in [2.24, 2.45) is 0 Å². The Hall–Kier alpha value is -2.93. The van der Waals surface area contributed by atoms with Gasteiger partial charge in [-0.1, -0.05) is 0 Å². The van der Waals surface area contributed by atoms with Gasteiger partial charge in [0.05, 0.1) is 11.3 Å². The molecule has 1 heterocycles. The normalized spacial score (nSPS) is 19.2. The van der Waals surface area contributed by atoms with Crippen molar-refractivity contribution >= 4 is 27.8 Å². The van der Waals surface area contributed by atoms with E-state index in [9.17, 15) is 26.4 Å². The van der Waals surface area contributed by atoms with E-state index in [0.717, 1.165) is 12.0 Å². The summed E-state index contributed by atoms with van der Waals surface area (Å²) in [6.07, 6.45) is -1.56. The number of alkyl halides is 3. The number of sulfonamides is 1. The first-order chi connectivity index (χ1) is 16.8. The van der Waals surface area contributed by atoms with E-state index < -0.39 is 40.9 Å². The van der Waals surface area contributed by atoms with Gasteiger partial charge in [0, 0.05) is 30.2 Å². The van der Waals surface area contributed by atoms with Crippen LogP contribution in [0.15, 0.2) is 41.6 Å². The number of nitrogens with one attached hydrogen (secondary N) is 3. The third-order valence-corrected chi connectivity index (χ3v) is 7.19. The fourth-order valence-electron chi connectivity index (χ4n) is 3.97. The van der Waals surface area contributed by atoms with Crippen LogP contribution in [0.25, 0.3) is 0 Å². The predicted molar refractivity (Wildman–Crippen MR) is 127 cm³/mol. The van der Waals surface area contributed by atoms with Gasteiger partial charge in [0.25, 0.3) is 0 Å². The molecule has 0 unspecified atom stereocenters. The van der Waals surface area contributed by atoms with Crippen molar-refractivity contribution < 1.29 is 31.1 Å². The van der Waals surface area contributed by atoms with Gasteiger partial charge in [0.15, 0.2) is 0 Å². The van der Waals surface area contributed by atoms with Gasteiger partial charge in [0.2, 0.25) is 16.0 Å². The molecule has 3 rings (SSSR count). The van der Waals surface area contributed by atoms with Crippen LogP contribution >= 0.6 is 0 Å². The molecule has 1 aromatic heterocycles. The lowest BCUT2D eigenvalue weighted by Gasteiger charge is -2.18. The Labute approximate surface area is 208 Å². The topological polar surface area (TPSA) is 122 Å². The Morgan fingerprint density at radius 2 is 1.75 bits per heavy atom. The summed E-state index contributed by atoms with van der Waals surface area (Å²) < 4.78 is 69.5. The number of ether oxygens (including phenoxy) is 1. The number of alkyl carbamates (subject to hydrolysis) is 1. The molecule has 2 aromatic rings. The lowest BCUT2D eigenvalue weighted by Crippen LogP contribution is -2.37. The zero-order chi connectivity index (χ0) is 26.5. The zero-order valence-electron chi connectivity index (χ0n) is 20.2. The van der Waals surface area contributed by atoms with Crippen molar-refractivity contribution in [3.05, 3.63) is 42.2 Å². The lowest BCUT2D eigenvalue weighted by molar-refractivity contribution is -0.138. The number of carbonyl (C=O) groups is 1. The number of hydrogen-bond acceptors (Lipinski definition) is 7. The number of amides is 1. The number of carbonyl (C=O) groups excluding carboxylic acids is 1. The summed E-state index contributed by atoms with van der Waals surface area (Å²) in [6, 6.07) is 4.92. The molecular weight excluding hydrogens is 499 g/mol. The summed E-state index contributed by atoms with van der Waals surface area (Å²) >= 11 is 0. The van der Waals surface area contributed by atoms with Crippen LogP contribution in [0.5, 0.6) is 0 Å². The molecule has 0 bridgehead atoms. The summed E-state index contributed by atoms with van der Waals surface area (Å²) in [5.41, 5.74) is 1.48. The molecule has 1 aliphatic carbocycles. The fraction of sp³-hybridized carbons (Fsp3) is 0.522. The Morgan fingerprint density at radius 3 is 2.33 bits per heavy atom. The highest BCUT2D eigenvalue weighted by Crippen LogP contribution is 2.35. The van der Waals surface area contributed by atoms with E-state index in [0.29, 0.717) is 24.5 Å². The molecule has 9 nitrogen and oxygen atoms in total. The smallest absolute Gasteiger partial charge is 0.407 e. The minimum absolute atomic E-state index is 0.0578. The Bertz CT molecular complexity index is 1130. The number of anilines is 2. The maximum absolute atomic E-state index is 12.4. The van der Waals surface area contributed by atoms with Crippen LogP contribution in [0.1, 0.15) is 57.9 Å². The molecule has 1 saturated carbocycles. The molecular formula is C23H30F3N5O4S. The highest BCUT2D eigenvalue weighted by atomic mass is 32.2. The Kier molecular flexibility index (Phi) is 8.77. The quantitative estimate of drug-likeness (QED) is 0.434. The summed E-state index contributed by atoms with van der Waals surface area (Å²) in [6.45, 7) is 4.76. The number of halogens is 3. The van der Waals surface area contributed by atoms with Gasteiger partial charge in [-0.2, -0.15) is 13.2 Å². The highest BCUT2D eigenvalue weighted by Gasteiger charge is 2.32. The summed E-state index contributed by atoms with van der Waals surface area (Å²) in [5.74, 6) is 0.390. The van der Waals surface area contributed by atoms with Crippen LogP contribution in [0.3, 0.4) is 0 Å². The molecule has 0 radical (unpaired) electrons. The van der Waals surface area contributed by atoms with Crippen LogP contribution in [0, 0.1) is 0 Å². The van der Waals surface area contributed by atoms with Crippen molar-refractivity contribution in [2.45, 2.75) is 81.6 Å². The van der Waals surface area contributed by atoms with Gasteiger partial charge in [-0.25, -0.2) is 27.9 Å². The van der Waals surface area contributed by atoms with Gasteiger partial charge in [-0.3, -0.25) is 0 Å². The number of aromatic nitrogens is 2. The van der Waals surface area contributed by atoms with Gasteiger partial charge in [0.1, 0.15) is 6.10 Å². The van der Waals surface area contributed by atoms with E-state index in [1.807, 2.05) is 0 Å². The van der Waals surface area contributed by atoms with Crippen molar-refractivity contribution in [2.75, 3.05) is 5.32 Å². The molecule has 3 N–H and O–H groups in total. The maximum atomic E-state index is 12.4. The van der Waals surface area contributed by atoms with Gasteiger partial charge in [-0.05, 0) is 75.8 Å². The van der Waals surface area contributed by atoms with Gasteiger partial charge < -0.3 is 15.4 Å². The summed E-state index contributed by atoms with van der Waals surface area (Å²) in [5, 5.41) is 5.23. The molecule has 13 heteroatoms. The molecule has 36 heavy (non-hydrogen) atoms. The van der Waals surface area contributed by atoms with Crippen LogP contribution in [0.4, 0.5) is 29.6 Å². The van der Waals surface area contributed by atoms with Crippen LogP contribution in [-0.2, 0) is 14.8 Å². The molecule has 1 fully saturated rings. The third-order valence-electron chi connectivity index (χ3n) is 5.51. The van der Waals surface area contributed by atoms with Crippen molar-refractivity contribution in [3.63, 3.8) is 0 Å². The van der Waals surface area contributed by atoms with Crippen molar-refractivity contribution in [1.29, 1.82) is 0 Å². The molecule has 3 atom stereocenters. The molecule has 1 aromatic carbocycles. The van der Waals surface area contributed by atoms with E-state index in [4.69, 9.17) is 4.74 Å². The number of rotatable bonds is 9. The third kappa shape index (κ3) is 8.33. The molecule has 1 amide bonds. The van der Waals surface area contributed by atoms with E-state index in [-0.39, 0.29) is 16.9 Å². The fourth-order valence-corrected chi connectivity index (χ4v) is 5.22. The zero-order valence-corrected chi connectivity index (χ0v) is 21.0. The molecule has 1 aliphatic rings. The van der Waals surface area contributed by atoms with Gasteiger partial charge >= 0.3 is 12.3 Å². The first-order valence-electron chi connectivity index (χ1n) is 11.6. The first kappa shape index (κ1) is 27.7. The number of hydrogen-bond donors (Lipinski definition) is 3. The SMILES string of the molecule is CC(C)NS(=O)(=O)c1ccc(Nc2ncc([C@@H]3CC[C@H](OC(=O)N[C@@H](C)CC(F)(F)F)C3)cn2)cc1. The second-order valence-corrected chi connectivity index (χ2v) is 10.9. The first-order valence-corrected chi connectivity index (χ1v) is 13.0. The largest absolute Gasteiger partial charge is 0.446 e. The average Bonchev–Trinajstić information content (AvgIpc) is 3.20. The molecule has 0 saturated heterocycles. The minimum atomic E-state index is -4.36. The second-order valence-electron chi connectivity index (χ2n) is 9.17. The summed E-state index contributed by atoms with van der Waals surface area (Å²) in [7, 11) is -3.58. The van der Waals surface area contributed by atoms with E-state index in [1.54, 1.807) is 38.4 Å². The highest BCUT2D eigenvalue weighted by molar-refractivity contribution is 7.89. The molecule has 198 valence electrons. The standard InChI is InChI=1S/C23H30F3N5O4S/c1-14(2)31-36(33,34)20-8-5-18(6-9-20)30-21-27-12-17(13-28-21)16-4-7-19(10-16)35-22(32)29-15(3)11-23(24,25)26/h5-6,8-9,12-16,19,31H,4,7,10-11H2,1-3H3,(H,29,32)(H,27,28,30)/t15-,16+,19-/m0/s1. The van der Waals surface area contributed by atoms with Crippen LogP contribution < -0.4 is 15.4 Å². The number of benzene rings is 1. The number of nitrogens with zero attached hydrogens (tertiary/aromatic N) is 2. The average molecular weight is 530 g/mol. The Morgan fingerprint density at radius 1 is 1.11 bits per heavy atom. The van der Waals surface area contributed by atoms with Crippen LogP contribution in [-0.4, -0.2) is 48.8 Å². The maximum Gasteiger partial charge on any atom is 0.407 e. The molecule has 0 spiro atoms. The minimum Gasteiger partial charge on any atom is -0.446 e. The monoisotopic (exact) mass is 529 g/mol. The summed E-state index contributed by atoms with van der Waals surface area (Å²) in [4.78, 5) is 20.7. The van der Waals surface area contributed by atoms with E-state index >= 15 is 0 Å². The van der Waals surface area contributed by atoms with Crippen LogP contribution in [0.2, 0.25) is 0 Å².